The number of carbonyl (C=O) groups is 1. The predicted molar refractivity (Wildman–Crippen MR) is 138 cm³/mol. The van der Waals surface area contributed by atoms with E-state index in [9.17, 15) is 18.7 Å². The monoisotopic (exact) mass is 499 g/mol. The molecule has 0 bridgehead atoms. The van der Waals surface area contributed by atoms with Gasteiger partial charge in [0.15, 0.2) is 0 Å². The van der Waals surface area contributed by atoms with Crippen LogP contribution < -0.4 is 9.64 Å². The maximum absolute atomic E-state index is 13.7. The van der Waals surface area contributed by atoms with Crippen molar-refractivity contribution in [2.24, 2.45) is 0 Å². The molecule has 37 heavy (non-hydrogen) atoms. The molecule has 1 unspecified atom stereocenters. The van der Waals surface area contributed by atoms with Crippen LogP contribution in [0.25, 0.3) is 0 Å². The van der Waals surface area contributed by atoms with E-state index in [1.165, 1.54) is 24.3 Å². The summed E-state index contributed by atoms with van der Waals surface area (Å²) >= 11 is 0. The molecule has 1 amide bonds. The van der Waals surface area contributed by atoms with Crippen LogP contribution in [0.2, 0.25) is 0 Å². The van der Waals surface area contributed by atoms with E-state index in [4.69, 9.17) is 4.74 Å². The number of β-lactam (4-membered cyclic amide) rings is 1. The van der Waals surface area contributed by atoms with Crippen LogP contribution in [0.3, 0.4) is 0 Å². The normalized spacial score (nSPS) is 17.8. The van der Waals surface area contributed by atoms with Crippen molar-refractivity contribution in [2.45, 2.75) is 31.0 Å². The van der Waals surface area contributed by atoms with Crippen LogP contribution in [-0.4, -0.2) is 23.7 Å². The van der Waals surface area contributed by atoms with Crippen LogP contribution in [0.15, 0.2) is 103 Å². The van der Waals surface area contributed by atoms with Crippen molar-refractivity contribution >= 4 is 11.6 Å². The topological polar surface area (TPSA) is 49.8 Å². The van der Waals surface area contributed by atoms with Gasteiger partial charge in [-0.05, 0) is 78.1 Å². The minimum absolute atomic E-state index is 0.247. The maximum Gasteiger partial charge on any atom is 0.242 e. The Labute approximate surface area is 214 Å². The molecule has 4 aromatic carbocycles. The van der Waals surface area contributed by atoms with E-state index < -0.39 is 11.5 Å². The van der Waals surface area contributed by atoms with Gasteiger partial charge in [0.2, 0.25) is 5.91 Å². The largest absolute Gasteiger partial charge is 0.489 e. The maximum atomic E-state index is 13.7. The van der Waals surface area contributed by atoms with Crippen molar-refractivity contribution in [1.82, 2.24) is 0 Å². The Morgan fingerprint density at radius 1 is 0.811 bits per heavy atom. The van der Waals surface area contributed by atoms with E-state index in [1.807, 2.05) is 42.5 Å². The molecule has 1 N–H and O–H groups in total. The number of rotatable bonds is 9. The predicted octanol–water partition coefficient (Wildman–Crippen LogP) is 5.82. The second-order valence-corrected chi connectivity index (χ2v) is 9.32. The summed E-state index contributed by atoms with van der Waals surface area (Å²) in [4.78, 5) is 15.2. The third kappa shape index (κ3) is 5.11. The SMILES string of the molecule is O=C1N(c2ccc(F)cc2)C[C@]1(c1ccc(OCc2ccccc2)cc1)C(O)CCc1ccc(F)cc1. The smallest absolute Gasteiger partial charge is 0.242 e. The van der Waals surface area contributed by atoms with Crippen LogP contribution in [-0.2, 0) is 23.2 Å². The molecule has 4 aromatic rings. The van der Waals surface area contributed by atoms with Gasteiger partial charge in [-0.1, -0.05) is 54.6 Å². The first-order valence-corrected chi connectivity index (χ1v) is 12.2. The molecule has 1 heterocycles. The molecule has 2 atom stereocenters. The van der Waals surface area contributed by atoms with Crippen LogP contribution in [0.4, 0.5) is 14.5 Å². The molecule has 1 saturated heterocycles. The molecule has 4 nitrogen and oxygen atoms in total. The highest BCUT2D eigenvalue weighted by atomic mass is 19.1. The molecular formula is C31H27F2NO3. The van der Waals surface area contributed by atoms with Gasteiger partial charge in [0.25, 0.3) is 0 Å². The van der Waals surface area contributed by atoms with E-state index in [1.54, 1.807) is 41.3 Å². The highest BCUT2D eigenvalue weighted by molar-refractivity contribution is 6.09. The Hall–Kier alpha value is -4.03. The average Bonchev–Trinajstić information content (AvgIpc) is 2.93. The molecule has 188 valence electrons. The van der Waals surface area contributed by atoms with Gasteiger partial charge in [-0.2, -0.15) is 0 Å². The molecule has 5 rings (SSSR count). The first-order chi connectivity index (χ1) is 18.0. The molecule has 0 radical (unpaired) electrons. The average molecular weight is 500 g/mol. The lowest BCUT2D eigenvalue weighted by Gasteiger charge is -2.51. The summed E-state index contributed by atoms with van der Waals surface area (Å²) in [5.41, 5.74) is 2.04. The zero-order valence-electron chi connectivity index (χ0n) is 20.2. The Kier molecular flexibility index (Phi) is 7.01. The Morgan fingerprint density at radius 3 is 2.05 bits per heavy atom. The number of hydrogen-bond acceptors (Lipinski definition) is 3. The number of carbonyl (C=O) groups excluding carboxylic acids is 1. The molecule has 0 spiro atoms. The number of nitrogens with zero attached hydrogens (tertiary/aromatic N) is 1. The zero-order valence-corrected chi connectivity index (χ0v) is 20.2. The number of aryl methyl sites for hydroxylation is 1. The number of hydrogen-bond donors (Lipinski definition) is 1. The summed E-state index contributed by atoms with van der Waals surface area (Å²) in [7, 11) is 0. The lowest BCUT2D eigenvalue weighted by atomic mass is 9.67. The van der Waals surface area contributed by atoms with Crippen LogP contribution >= 0.6 is 0 Å². The zero-order chi connectivity index (χ0) is 25.8. The quantitative estimate of drug-likeness (QED) is 0.295. The van der Waals surface area contributed by atoms with E-state index in [-0.39, 0.29) is 24.1 Å². The van der Waals surface area contributed by atoms with Crippen molar-refractivity contribution in [1.29, 1.82) is 0 Å². The summed E-state index contributed by atoms with van der Waals surface area (Å²) in [6, 6.07) is 28.9. The van der Waals surface area contributed by atoms with Crippen LogP contribution in [0, 0.1) is 11.6 Å². The summed E-state index contributed by atoms with van der Waals surface area (Å²) in [6.45, 7) is 0.676. The second kappa shape index (κ2) is 10.5. The minimum Gasteiger partial charge on any atom is -0.489 e. The lowest BCUT2D eigenvalue weighted by Crippen LogP contribution is -2.69. The van der Waals surface area contributed by atoms with Gasteiger partial charge in [-0.3, -0.25) is 4.79 Å². The van der Waals surface area contributed by atoms with E-state index in [0.717, 1.165) is 11.1 Å². The highest BCUT2D eigenvalue weighted by Crippen LogP contribution is 2.43. The number of amides is 1. The Balaban J connectivity index is 1.36. The fraction of sp³-hybridized carbons (Fsp3) is 0.194. The van der Waals surface area contributed by atoms with Crippen molar-refractivity contribution in [2.75, 3.05) is 11.4 Å². The van der Waals surface area contributed by atoms with E-state index in [0.29, 0.717) is 36.4 Å². The van der Waals surface area contributed by atoms with Crippen molar-refractivity contribution in [3.8, 4) is 5.75 Å². The summed E-state index contributed by atoms with van der Waals surface area (Å²) < 4.78 is 32.6. The molecule has 0 aromatic heterocycles. The van der Waals surface area contributed by atoms with Gasteiger partial charge in [0, 0.05) is 12.2 Å². The molecule has 1 fully saturated rings. The van der Waals surface area contributed by atoms with Crippen molar-refractivity contribution in [3.05, 3.63) is 131 Å². The molecule has 0 aliphatic carbocycles. The minimum atomic E-state index is -1.15. The number of benzene rings is 4. The Bertz CT molecular complexity index is 1340. The second-order valence-electron chi connectivity index (χ2n) is 9.32. The van der Waals surface area contributed by atoms with Gasteiger partial charge < -0.3 is 14.7 Å². The fourth-order valence-electron chi connectivity index (χ4n) is 4.81. The molecule has 1 aliphatic heterocycles. The van der Waals surface area contributed by atoms with Crippen LogP contribution in [0.5, 0.6) is 5.75 Å². The van der Waals surface area contributed by atoms with Gasteiger partial charge >= 0.3 is 0 Å². The summed E-state index contributed by atoms with van der Waals surface area (Å²) in [5.74, 6) is -0.290. The summed E-state index contributed by atoms with van der Waals surface area (Å²) in [6.07, 6.45) is -0.163. The van der Waals surface area contributed by atoms with Crippen molar-refractivity contribution in [3.63, 3.8) is 0 Å². The van der Waals surface area contributed by atoms with E-state index >= 15 is 0 Å². The molecule has 1 aliphatic rings. The fourth-order valence-corrected chi connectivity index (χ4v) is 4.81. The lowest BCUT2D eigenvalue weighted by molar-refractivity contribution is -0.135. The third-order valence-electron chi connectivity index (χ3n) is 6.98. The number of anilines is 1. The molecular weight excluding hydrogens is 472 g/mol. The first kappa shape index (κ1) is 24.7. The Morgan fingerprint density at radius 2 is 1.43 bits per heavy atom. The molecule has 6 heteroatoms. The number of ether oxygens (including phenoxy) is 1. The highest BCUT2D eigenvalue weighted by Gasteiger charge is 2.58. The summed E-state index contributed by atoms with van der Waals surface area (Å²) in [5, 5.41) is 11.4. The number of aliphatic hydroxyl groups excluding tert-OH is 1. The molecule has 0 saturated carbocycles. The number of halogens is 2. The standard InChI is InChI=1S/C31H27F2NO3/c32-25-11-6-22(7-12-25)8-19-29(35)31(21-34(30(31)36)27-15-13-26(33)14-16-27)24-9-17-28(18-10-24)37-20-23-4-2-1-3-5-23/h1-7,9-18,29,35H,8,19-21H2/t29?,31-/m0/s1. The third-order valence-corrected chi connectivity index (χ3v) is 6.98. The van der Waals surface area contributed by atoms with Gasteiger partial charge in [-0.25, -0.2) is 8.78 Å². The van der Waals surface area contributed by atoms with Gasteiger partial charge in [-0.15, -0.1) is 0 Å². The van der Waals surface area contributed by atoms with Crippen molar-refractivity contribution < 1.29 is 23.4 Å². The van der Waals surface area contributed by atoms with Gasteiger partial charge in [0.05, 0.1) is 6.10 Å². The first-order valence-electron chi connectivity index (χ1n) is 12.2. The van der Waals surface area contributed by atoms with Gasteiger partial charge in [0.1, 0.15) is 29.4 Å². The van der Waals surface area contributed by atoms with E-state index in [2.05, 4.69) is 0 Å². The van der Waals surface area contributed by atoms with Crippen LogP contribution in [0.1, 0.15) is 23.1 Å². The number of aliphatic hydroxyl groups is 1.